The smallest absolute Gasteiger partial charge is 0.387 e. The first-order valence-corrected chi connectivity index (χ1v) is 11.9. The molecule has 0 saturated carbocycles. The van der Waals surface area contributed by atoms with Crippen LogP contribution in [-0.4, -0.2) is 62.8 Å². The van der Waals surface area contributed by atoms with Gasteiger partial charge in [0.25, 0.3) is 5.91 Å². The van der Waals surface area contributed by atoms with Gasteiger partial charge >= 0.3 is 6.61 Å². The summed E-state index contributed by atoms with van der Waals surface area (Å²) >= 11 is 0. The summed E-state index contributed by atoms with van der Waals surface area (Å²) in [7, 11) is -2.28. The summed E-state index contributed by atoms with van der Waals surface area (Å²) < 4.78 is 58.8. The van der Waals surface area contributed by atoms with E-state index in [1.807, 2.05) is 0 Å². The molecule has 0 fully saturated rings. The summed E-state index contributed by atoms with van der Waals surface area (Å²) in [6.45, 7) is -3.51. The zero-order chi connectivity index (χ0) is 25.2. The number of anilines is 1. The molecular formula is C21H20F2N6O5S. The number of aryl methyl sites for hydroxylation is 1. The van der Waals surface area contributed by atoms with Crippen molar-refractivity contribution in [2.45, 2.75) is 17.9 Å². The average Bonchev–Trinajstić information content (AvgIpc) is 3.40. The quantitative estimate of drug-likeness (QED) is 0.352. The van der Waals surface area contributed by atoms with Gasteiger partial charge in [-0.05, 0) is 30.7 Å². The molecule has 4 aromatic rings. The summed E-state index contributed by atoms with van der Waals surface area (Å²) in [6, 6.07) is 5.04. The van der Waals surface area contributed by atoms with E-state index in [1.165, 1.54) is 27.8 Å². The number of nitrogens with zero attached hydrogens (tertiary/aromatic N) is 5. The molecule has 14 heteroatoms. The van der Waals surface area contributed by atoms with E-state index in [-0.39, 0.29) is 51.9 Å². The maximum Gasteiger partial charge on any atom is 0.387 e. The van der Waals surface area contributed by atoms with E-state index in [2.05, 4.69) is 25.2 Å². The molecule has 0 saturated heterocycles. The van der Waals surface area contributed by atoms with Gasteiger partial charge in [0.05, 0.1) is 22.5 Å². The van der Waals surface area contributed by atoms with Gasteiger partial charge in [-0.15, -0.1) is 0 Å². The molecule has 0 aliphatic rings. The molecule has 4 rings (SSSR count). The number of carbonyl (C=O) groups excluding carboxylic acids is 1. The Morgan fingerprint density at radius 2 is 2.11 bits per heavy atom. The summed E-state index contributed by atoms with van der Waals surface area (Å²) in [5, 5.41) is 19.9. The molecule has 0 unspecified atom stereocenters. The Labute approximate surface area is 197 Å². The fourth-order valence-electron chi connectivity index (χ4n) is 3.41. The Kier molecular flexibility index (Phi) is 6.75. The van der Waals surface area contributed by atoms with Crippen LogP contribution in [-0.2, 0) is 16.9 Å². The zero-order valence-corrected chi connectivity index (χ0v) is 19.1. The number of aliphatic hydroxyl groups is 1. The number of nitrogens with one attached hydrogen (secondary N) is 1. The molecule has 35 heavy (non-hydrogen) atoms. The Balaban J connectivity index is 1.76. The van der Waals surface area contributed by atoms with Gasteiger partial charge in [0, 0.05) is 37.8 Å². The highest BCUT2D eigenvalue weighted by atomic mass is 32.2. The number of hydrogen-bond donors (Lipinski definition) is 2. The Morgan fingerprint density at radius 3 is 2.86 bits per heavy atom. The molecule has 0 atom stereocenters. The van der Waals surface area contributed by atoms with Crippen LogP contribution in [0.4, 0.5) is 14.5 Å². The van der Waals surface area contributed by atoms with E-state index in [4.69, 9.17) is 5.11 Å². The first kappa shape index (κ1) is 24.2. The van der Waals surface area contributed by atoms with Gasteiger partial charge in [-0.1, -0.05) is 0 Å². The normalized spacial score (nSPS) is 11.8. The topological polar surface area (TPSA) is 141 Å². The van der Waals surface area contributed by atoms with Crippen molar-refractivity contribution in [2.24, 2.45) is 7.05 Å². The molecule has 3 heterocycles. The molecule has 1 aromatic carbocycles. The van der Waals surface area contributed by atoms with Gasteiger partial charge in [-0.25, -0.2) is 17.9 Å². The number of carbonyl (C=O) groups is 1. The van der Waals surface area contributed by atoms with Crippen molar-refractivity contribution in [1.29, 1.82) is 0 Å². The van der Waals surface area contributed by atoms with Crippen LogP contribution in [0.2, 0.25) is 0 Å². The van der Waals surface area contributed by atoms with Crippen LogP contribution in [0.3, 0.4) is 0 Å². The monoisotopic (exact) mass is 506 g/mol. The number of aliphatic hydroxyl groups excluding tert-OH is 1. The van der Waals surface area contributed by atoms with E-state index >= 15 is 0 Å². The van der Waals surface area contributed by atoms with E-state index in [0.29, 0.717) is 5.65 Å². The largest absolute Gasteiger partial charge is 0.434 e. The predicted octanol–water partition coefficient (Wildman–Crippen LogP) is 2.14. The van der Waals surface area contributed by atoms with Gasteiger partial charge in [0.2, 0.25) is 0 Å². The molecule has 184 valence electrons. The van der Waals surface area contributed by atoms with E-state index < -0.39 is 22.4 Å². The Bertz CT molecular complexity index is 1480. The van der Waals surface area contributed by atoms with Crippen LogP contribution in [0.1, 0.15) is 16.8 Å². The number of fused-ring (bicyclic) bond motifs is 1. The first-order valence-electron chi connectivity index (χ1n) is 10.3. The number of halogens is 2. The van der Waals surface area contributed by atoms with Crippen molar-refractivity contribution < 1.29 is 31.8 Å². The Morgan fingerprint density at radius 1 is 1.31 bits per heavy atom. The van der Waals surface area contributed by atoms with Crippen molar-refractivity contribution in [3.8, 4) is 17.0 Å². The molecule has 0 radical (unpaired) electrons. The number of rotatable bonds is 9. The number of hydrogen-bond acceptors (Lipinski definition) is 8. The third-order valence-corrected chi connectivity index (χ3v) is 6.75. The standard InChI is InChI=1S/C21H20F2N6O5S/c1-28-12-16(26-20(31)15-11-25-29-7-2-6-24-19(15)29)18(27-28)14-10-13(35(32,33)9-3-8-30)4-5-17(14)34-21(22)23/h2,4-7,10-12,21,30H,3,8-9H2,1H3,(H,26,31). The number of sulfone groups is 1. The van der Waals surface area contributed by atoms with Gasteiger partial charge in [-0.2, -0.15) is 19.0 Å². The van der Waals surface area contributed by atoms with Crippen LogP contribution in [0.25, 0.3) is 16.9 Å². The molecule has 0 aliphatic carbocycles. The second-order valence-corrected chi connectivity index (χ2v) is 9.51. The third-order valence-electron chi connectivity index (χ3n) is 4.95. The highest BCUT2D eigenvalue weighted by Gasteiger charge is 2.24. The maximum atomic E-state index is 13.1. The Hall–Kier alpha value is -3.91. The average molecular weight is 506 g/mol. The molecule has 0 spiro atoms. The fourth-order valence-corrected chi connectivity index (χ4v) is 4.73. The number of aromatic nitrogens is 5. The van der Waals surface area contributed by atoms with Gasteiger partial charge < -0.3 is 15.2 Å². The second kappa shape index (κ2) is 9.76. The van der Waals surface area contributed by atoms with E-state index in [1.54, 1.807) is 19.3 Å². The number of amides is 1. The third kappa shape index (κ3) is 5.12. The highest BCUT2D eigenvalue weighted by Crippen LogP contribution is 2.37. The first-order chi connectivity index (χ1) is 16.7. The van der Waals surface area contributed by atoms with E-state index in [9.17, 15) is 22.0 Å². The summed E-state index contributed by atoms with van der Waals surface area (Å²) in [6.07, 6.45) is 5.88. The SMILES string of the molecule is Cn1cc(NC(=O)c2cnn3cccnc23)c(-c2cc(S(=O)(=O)CCCO)ccc2OC(F)F)n1. The lowest BCUT2D eigenvalue weighted by molar-refractivity contribution is -0.0494. The maximum absolute atomic E-state index is 13.1. The predicted molar refractivity (Wildman–Crippen MR) is 120 cm³/mol. The second-order valence-electron chi connectivity index (χ2n) is 7.40. The van der Waals surface area contributed by atoms with Crippen molar-refractivity contribution in [3.63, 3.8) is 0 Å². The molecule has 1 amide bonds. The lowest BCUT2D eigenvalue weighted by Crippen LogP contribution is -2.13. The number of alkyl halides is 2. The summed E-state index contributed by atoms with van der Waals surface area (Å²) in [4.78, 5) is 16.9. The molecule has 0 bridgehead atoms. The van der Waals surface area contributed by atoms with Gasteiger partial charge in [0.15, 0.2) is 15.5 Å². The number of ether oxygens (including phenoxy) is 1. The minimum absolute atomic E-state index is 0.00549. The lowest BCUT2D eigenvalue weighted by atomic mass is 10.1. The van der Waals surface area contributed by atoms with Crippen LogP contribution >= 0.6 is 0 Å². The van der Waals surface area contributed by atoms with Crippen LogP contribution < -0.4 is 10.1 Å². The van der Waals surface area contributed by atoms with Crippen molar-refractivity contribution in [3.05, 3.63) is 54.6 Å². The fraction of sp³-hybridized carbons (Fsp3) is 0.238. The molecule has 2 N–H and O–H groups in total. The van der Waals surface area contributed by atoms with Crippen molar-refractivity contribution in [1.82, 2.24) is 24.4 Å². The highest BCUT2D eigenvalue weighted by molar-refractivity contribution is 7.91. The van der Waals surface area contributed by atoms with Crippen LogP contribution in [0.5, 0.6) is 5.75 Å². The number of benzene rings is 1. The molecular weight excluding hydrogens is 486 g/mol. The minimum atomic E-state index is -3.83. The molecule has 3 aromatic heterocycles. The summed E-state index contributed by atoms with van der Waals surface area (Å²) in [5.74, 6) is -1.25. The van der Waals surface area contributed by atoms with Crippen molar-refractivity contribution in [2.75, 3.05) is 17.7 Å². The zero-order valence-electron chi connectivity index (χ0n) is 18.3. The van der Waals surface area contributed by atoms with Gasteiger partial charge in [0.1, 0.15) is 17.0 Å². The minimum Gasteiger partial charge on any atom is -0.434 e. The van der Waals surface area contributed by atoms with Crippen molar-refractivity contribution >= 4 is 27.1 Å². The van der Waals surface area contributed by atoms with E-state index in [0.717, 1.165) is 18.2 Å². The molecule has 0 aliphatic heterocycles. The molecule has 11 nitrogen and oxygen atoms in total. The van der Waals surface area contributed by atoms with Crippen LogP contribution in [0, 0.1) is 0 Å². The van der Waals surface area contributed by atoms with Crippen LogP contribution in [0.15, 0.2) is 53.9 Å². The lowest BCUT2D eigenvalue weighted by Gasteiger charge is -2.13. The summed E-state index contributed by atoms with van der Waals surface area (Å²) in [5.41, 5.74) is 0.528. The van der Waals surface area contributed by atoms with Gasteiger partial charge in [-0.3, -0.25) is 9.48 Å².